The fourth-order valence-corrected chi connectivity index (χ4v) is 3.67. The number of benzene rings is 1. The van der Waals surface area contributed by atoms with Crippen molar-refractivity contribution in [2.45, 2.75) is 38.6 Å². The average molecular weight is 351 g/mol. The molecule has 3 aromatic rings. The van der Waals surface area contributed by atoms with Gasteiger partial charge in [0.05, 0.1) is 5.92 Å². The number of nitrogens with zero attached hydrogens (tertiary/aromatic N) is 5. The number of hydrogen-bond acceptors (Lipinski definition) is 5. The summed E-state index contributed by atoms with van der Waals surface area (Å²) in [4.78, 5) is 11.5. The highest BCUT2D eigenvalue weighted by Crippen LogP contribution is 2.27. The predicted molar refractivity (Wildman–Crippen MR) is 99.7 cm³/mol. The molecule has 1 aliphatic rings. The van der Waals surface area contributed by atoms with Crippen LogP contribution in [0.5, 0.6) is 0 Å². The second-order valence-corrected chi connectivity index (χ2v) is 6.98. The SMILES string of the molecule is Cc1nccn1CCCN1CCCC(c2nc(-c3ccccc3)no2)C1. The molecule has 1 aromatic carbocycles. The van der Waals surface area contributed by atoms with Gasteiger partial charge in [-0.1, -0.05) is 35.5 Å². The van der Waals surface area contributed by atoms with Crippen LogP contribution in [0.2, 0.25) is 0 Å². The van der Waals surface area contributed by atoms with E-state index in [9.17, 15) is 0 Å². The van der Waals surface area contributed by atoms with Crippen LogP contribution >= 0.6 is 0 Å². The molecule has 6 nitrogen and oxygen atoms in total. The fraction of sp³-hybridized carbons (Fsp3) is 0.450. The summed E-state index contributed by atoms with van der Waals surface area (Å²) in [6, 6.07) is 10.0. The van der Waals surface area contributed by atoms with E-state index in [-0.39, 0.29) is 0 Å². The highest BCUT2D eigenvalue weighted by molar-refractivity contribution is 5.53. The third-order valence-corrected chi connectivity index (χ3v) is 5.13. The summed E-state index contributed by atoms with van der Waals surface area (Å²) >= 11 is 0. The van der Waals surface area contributed by atoms with E-state index in [1.807, 2.05) is 36.5 Å². The summed E-state index contributed by atoms with van der Waals surface area (Å²) < 4.78 is 7.80. The van der Waals surface area contributed by atoms with Crippen LogP contribution in [0.25, 0.3) is 11.4 Å². The van der Waals surface area contributed by atoms with Crippen molar-refractivity contribution in [2.24, 2.45) is 0 Å². The molecule has 26 heavy (non-hydrogen) atoms. The van der Waals surface area contributed by atoms with Gasteiger partial charge in [-0.25, -0.2) is 4.98 Å². The molecule has 2 aromatic heterocycles. The van der Waals surface area contributed by atoms with E-state index < -0.39 is 0 Å². The maximum absolute atomic E-state index is 5.59. The average Bonchev–Trinajstić information content (AvgIpc) is 3.33. The topological polar surface area (TPSA) is 60.0 Å². The zero-order valence-corrected chi connectivity index (χ0v) is 15.2. The molecule has 0 radical (unpaired) electrons. The highest BCUT2D eigenvalue weighted by atomic mass is 16.5. The maximum atomic E-state index is 5.59. The van der Waals surface area contributed by atoms with Gasteiger partial charge in [-0.05, 0) is 39.3 Å². The minimum absolute atomic E-state index is 0.337. The summed E-state index contributed by atoms with van der Waals surface area (Å²) in [5.74, 6) is 2.89. The van der Waals surface area contributed by atoms with Gasteiger partial charge in [0.25, 0.3) is 0 Å². The Balaban J connectivity index is 1.33. The first-order chi connectivity index (χ1) is 12.8. The molecule has 3 heterocycles. The van der Waals surface area contributed by atoms with Crippen molar-refractivity contribution in [3.05, 3.63) is 54.4 Å². The summed E-state index contributed by atoms with van der Waals surface area (Å²) in [5.41, 5.74) is 1.01. The summed E-state index contributed by atoms with van der Waals surface area (Å²) in [6.45, 7) is 6.31. The van der Waals surface area contributed by atoms with Crippen LogP contribution in [-0.2, 0) is 6.54 Å². The predicted octanol–water partition coefficient (Wildman–Crippen LogP) is 3.51. The van der Waals surface area contributed by atoms with Crippen molar-refractivity contribution in [3.63, 3.8) is 0 Å². The Morgan fingerprint density at radius 2 is 2.08 bits per heavy atom. The van der Waals surface area contributed by atoms with E-state index in [1.54, 1.807) is 0 Å². The van der Waals surface area contributed by atoms with E-state index in [4.69, 9.17) is 4.52 Å². The molecule has 1 unspecified atom stereocenters. The lowest BCUT2D eigenvalue weighted by Gasteiger charge is -2.30. The lowest BCUT2D eigenvalue weighted by molar-refractivity contribution is 0.183. The van der Waals surface area contributed by atoms with Crippen LogP contribution < -0.4 is 0 Å². The van der Waals surface area contributed by atoms with Crippen molar-refractivity contribution in [1.29, 1.82) is 0 Å². The molecule has 0 aliphatic carbocycles. The molecule has 136 valence electrons. The Bertz CT molecular complexity index is 826. The third-order valence-electron chi connectivity index (χ3n) is 5.13. The first-order valence-electron chi connectivity index (χ1n) is 9.39. The summed E-state index contributed by atoms with van der Waals surface area (Å²) in [6.07, 6.45) is 7.35. The lowest BCUT2D eigenvalue weighted by Crippen LogP contribution is -2.35. The molecular formula is C20H25N5O. The van der Waals surface area contributed by atoms with E-state index in [2.05, 4.69) is 37.7 Å². The molecule has 4 rings (SSSR count). The zero-order chi connectivity index (χ0) is 17.8. The second kappa shape index (κ2) is 7.83. The van der Waals surface area contributed by atoms with Crippen molar-refractivity contribution >= 4 is 0 Å². The number of aryl methyl sites for hydroxylation is 2. The monoisotopic (exact) mass is 351 g/mol. The van der Waals surface area contributed by atoms with Crippen molar-refractivity contribution < 1.29 is 4.52 Å². The molecule has 0 amide bonds. The fourth-order valence-electron chi connectivity index (χ4n) is 3.67. The van der Waals surface area contributed by atoms with E-state index in [1.165, 1.54) is 6.42 Å². The first-order valence-corrected chi connectivity index (χ1v) is 9.39. The molecule has 0 spiro atoms. The van der Waals surface area contributed by atoms with Gasteiger partial charge >= 0.3 is 0 Å². The zero-order valence-electron chi connectivity index (χ0n) is 15.2. The van der Waals surface area contributed by atoms with Crippen molar-refractivity contribution in [2.75, 3.05) is 19.6 Å². The number of likely N-dealkylation sites (tertiary alicyclic amines) is 1. The van der Waals surface area contributed by atoms with Gasteiger partial charge in [0, 0.05) is 31.0 Å². The van der Waals surface area contributed by atoms with E-state index in [0.717, 1.165) is 56.3 Å². The number of imidazole rings is 1. The van der Waals surface area contributed by atoms with Crippen LogP contribution in [-0.4, -0.2) is 44.2 Å². The Kier molecular flexibility index (Phi) is 5.11. The Hall–Kier alpha value is -2.47. The van der Waals surface area contributed by atoms with Gasteiger partial charge in [-0.3, -0.25) is 0 Å². The van der Waals surface area contributed by atoms with Crippen LogP contribution in [0.15, 0.2) is 47.2 Å². The van der Waals surface area contributed by atoms with Gasteiger partial charge in [-0.15, -0.1) is 0 Å². The normalized spacial score (nSPS) is 18.3. The van der Waals surface area contributed by atoms with Gasteiger partial charge in [0.15, 0.2) is 0 Å². The van der Waals surface area contributed by atoms with Gasteiger partial charge in [0.1, 0.15) is 5.82 Å². The second-order valence-electron chi connectivity index (χ2n) is 6.98. The third kappa shape index (κ3) is 3.85. The number of piperidine rings is 1. The Morgan fingerprint density at radius 1 is 1.19 bits per heavy atom. The molecule has 0 bridgehead atoms. The molecule has 1 atom stereocenters. The number of rotatable bonds is 6. The minimum Gasteiger partial charge on any atom is -0.339 e. The smallest absolute Gasteiger partial charge is 0.231 e. The largest absolute Gasteiger partial charge is 0.339 e. The standard InChI is InChI=1S/C20H25N5O/c1-16-21-10-14-25(16)13-6-12-24-11-5-9-18(15-24)20-22-19(23-26-20)17-7-3-2-4-8-17/h2-4,7-8,10,14,18H,5-6,9,11-13,15H2,1H3. The van der Waals surface area contributed by atoms with Gasteiger partial charge in [-0.2, -0.15) is 4.98 Å². The summed E-state index contributed by atoms with van der Waals surface area (Å²) in [5, 5.41) is 4.18. The van der Waals surface area contributed by atoms with E-state index >= 15 is 0 Å². The van der Waals surface area contributed by atoms with Gasteiger partial charge in [0.2, 0.25) is 11.7 Å². The summed E-state index contributed by atoms with van der Waals surface area (Å²) in [7, 11) is 0. The van der Waals surface area contributed by atoms with Crippen LogP contribution in [0.4, 0.5) is 0 Å². The molecule has 0 N–H and O–H groups in total. The van der Waals surface area contributed by atoms with Crippen molar-refractivity contribution in [1.82, 2.24) is 24.6 Å². The quantitative estimate of drug-likeness (QED) is 0.680. The number of hydrogen-bond donors (Lipinski definition) is 0. The molecule has 1 fully saturated rings. The molecule has 1 saturated heterocycles. The van der Waals surface area contributed by atoms with Crippen LogP contribution in [0, 0.1) is 6.92 Å². The number of aromatic nitrogens is 4. The highest BCUT2D eigenvalue weighted by Gasteiger charge is 2.26. The molecule has 0 saturated carbocycles. The van der Waals surface area contributed by atoms with Crippen LogP contribution in [0.1, 0.15) is 36.9 Å². The minimum atomic E-state index is 0.337. The Morgan fingerprint density at radius 3 is 2.88 bits per heavy atom. The van der Waals surface area contributed by atoms with Crippen molar-refractivity contribution in [3.8, 4) is 11.4 Å². The lowest BCUT2D eigenvalue weighted by atomic mass is 9.98. The molecule has 1 aliphatic heterocycles. The molecule has 6 heteroatoms. The first kappa shape index (κ1) is 17.0. The van der Waals surface area contributed by atoms with E-state index in [0.29, 0.717) is 11.7 Å². The van der Waals surface area contributed by atoms with Gasteiger partial charge < -0.3 is 14.0 Å². The Labute approximate surface area is 153 Å². The van der Waals surface area contributed by atoms with Crippen LogP contribution in [0.3, 0.4) is 0 Å². The maximum Gasteiger partial charge on any atom is 0.231 e. The molecular weight excluding hydrogens is 326 g/mol.